The molecule has 0 radical (unpaired) electrons. The molecule has 2 aliphatic heterocycles. The molecule has 2 aliphatic rings. The Kier molecular flexibility index (Phi) is 10.4. The number of likely N-dealkylation sites (tertiary alicyclic amines) is 1. The summed E-state index contributed by atoms with van der Waals surface area (Å²) in [5.74, 6) is 0.862. The molecular weight excluding hydrogens is 472 g/mol. The van der Waals surface area contributed by atoms with E-state index in [9.17, 15) is 18.3 Å². The number of nitrogens with zero attached hydrogens (tertiary/aromatic N) is 2. The van der Waals surface area contributed by atoms with Gasteiger partial charge in [0.05, 0.1) is 25.2 Å². The summed E-state index contributed by atoms with van der Waals surface area (Å²) < 4.78 is 44.1. The highest BCUT2D eigenvalue weighted by Crippen LogP contribution is 2.25. The number of carbonyl (C=O) groups excluding carboxylic acids is 1. The molecule has 3 rings (SSSR count). The van der Waals surface area contributed by atoms with Crippen molar-refractivity contribution in [3.8, 4) is 5.75 Å². The summed E-state index contributed by atoms with van der Waals surface area (Å²) in [5.41, 5.74) is 0. The average Bonchev–Trinajstić information content (AvgIpc) is 2.82. The second-order valence-electron chi connectivity index (χ2n) is 9.03. The molecule has 0 aliphatic carbocycles. The lowest BCUT2D eigenvalue weighted by molar-refractivity contribution is -0.154. The maximum atomic E-state index is 13.1. The van der Waals surface area contributed by atoms with Crippen LogP contribution < -0.4 is 4.74 Å². The molecule has 1 N–H and O–H groups in total. The topological polar surface area (TPSA) is 106 Å². The molecule has 0 unspecified atom stereocenters. The van der Waals surface area contributed by atoms with E-state index in [1.54, 1.807) is 12.1 Å². The van der Waals surface area contributed by atoms with Gasteiger partial charge in [-0.2, -0.15) is 4.31 Å². The number of aliphatic hydroxyl groups is 1. The summed E-state index contributed by atoms with van der Waals surface area (Å²) in [5, 5.41) is 9.43. The van der Waals surface area contributed by atoms with Crippen molar-refractivity contribution in [3.05, 3.63) is 36.1 Å². The third kappa shape index (κ3) is 7.67. The Hall–Kier alpha value is -2.14. The van der Waals surface area contributed by atoms with Crippen molar-refractivity contribution >= 4 is 15.9 Å². The van der Waals surface area contributed by atoms with Crippen molar-refractivity contribution in [1.82, 2.24) is 9.21 Å². The lowest BCUT2D eigenvalue weighted by Gasteiger charge is -2.31. The maximum Gasteiger partial charge on any atom is 0.288 e. The maximum absolute atomic E-state index is 13.1. The number of rotatable bonds is 10. The molecular formula is C25H38N2O7S. The second kappa shape index (κ2) is 13.2. The minimum absolute atomic E-state index is 0.0439. The van der Waals surface area contributed by atoms with E-state index in [1.165, 1.54) is 30.0 Å². The number of hydrogen-bond donors (Lipinski definition) is 1. The van der Waals surface area contributed by atoms with Crippen molar-refractivity contribution in [1.29, 1.82) is 0 Å². The molecule has 1 amide bonds. The van der Waals surface area contributed by atoms with Gasteiger partial charge >= 0.3 is 0 Å². The predicted octanol–water partition coefficient (Wildman–Crippen LogP) is 2.75. The molecule has 0 saturated carbocycles. The van der Waals surface area contributed by atoms with Gasteiger partial charge in [0, 0.05) is 32.6 Å². The molecule has 1 saturated heterocycles. The van der Waals surface area contributed by atoms with Gasteiger partial charge < -0.3 is 24.2 Å². The minimum atomic E-state index is -3.82. The van der Waals surface area contributed by atoms with Crippen LogP contribution >= 0.6 is 0 Å². The molecule has 1 fully saturated rings. The molecule has 196 valence electrons. The molecule has 0 aromatic heterocycles. The third-order valence-corrected chi connectivity index (χ3v) is 8.22. The van der Waals surface area contributed by atoms with E-state index in [2.05, 4.69) is 0 Å². The Balaban J connectivity index is 1.58. The highest BCUT2D eigenvalue weighted by molar-refractivity contribution is 7.89. The van der Waals surface area contributed by atoms with E-state index in [0.29, 0.717) is 17.9 Å². The van der Waals surface area contributed by atoms with Crippen LogP contribution in [0.5, 0.6) is 5.75 Å². The van der Waals surface area contributed by atoms with Crippen LogP contribution in [0.1, 0.15) is 45.4 Å². The highest BCUT2D eigenvalue weighted by Gasteiger charge is 2.30. The molecule has 1 aromatic carbocycles. The van der Waals surface area contributed by atoms with E-state index in [-0.39, 0.29) is 43.0 Å². The molecule has 10 heteroatoms. The number of aliphatic hydroxyl groups excluding tert-OH is 1. The molecule has 0 bridgehead atoms. The molecule has 9 nitrogen and oxygen atoms in total. The van der Waals surface area contributed by atoms with Crippen molar-refractivity contribution in [2.24, 2.45) is 5.92 Å². The number of methoxy groups -OCH3 is 1. The van der Waals surface area contributed by atoms with Crippen LogP contribution in [0.4, 0.5) is 0 Å². The van der Waals surface area contributed by atoms with Gasteiger partial charge in [0.15, 0.2) is 5.76 Å². The Morgan fingerprint density at radius 3 is 2.40 bits per heavy atom. The number of amides is 1. The smallest absolute Gasteiger partial charge is 0.288 e. The molecule has 1 aromatic rings. The number of carbonyl (C=O) groups is 1. The standard InChI is InChI=1S/C25H38N2O7S/c1-20-18-23(25(29)26-12-6-4-3-5-7-13-26)34-24(19-20)33-17-15-27(14-16-28)35(30,31)22-10-8-21(32-2)9-11-22/h8-11,18,20,24,28H,3-7,12-17,19H2,1-2H3/t20-,24+/m0/s1. The first-order valence-electron chi connectivity index (χ1n) is 12.4. The van der Waals surface area contributed by atoms with Crippen LogP contribution in [0.15, 0.2) is 41.0 Å². The van der Waals surface area contributed by atoms with E-state index < -0.39 is 16.3 Å². The van der Waals surface area contributed by atoms with Crippen molar-refractivity contribution in [2.75, 3.05) is 46.5 Å². The fourth-order valence-corrected chi connectivity index (χ4v) is 5.75. The molecule has 35 heavy (non-hydrogen) atoms. The van der Waals surface area contributed by atoms with Crippen molar-refractivity contribution in [3.63, 3.8) is 0 Å². The zero-order valence-electron chi connectivity index (χ0n) is 20.7. The minimum Gasteiger partial charge on any atom is -0.497 e. The SMILES string of the molecule is COc1ccc(S(=O)(=O)N(CCO)CCO[C@H]2C[C@@H](C)C=C(C(=O)N3CCCCCCC3)O2)cc1. The summed E-state index contributed by atoms with van der Waals surface area (Å²) in [7, 11) is -2.31. The number of hydrogen-bond acceptors (Lipinski definition) is 7. The van der Waals surface area contributed by atoms with Gasteiger partial charge in [-0.15, -0.1) is 0 Å². The monoisotopic (exact) mass is 510 g/mol. The van der Waals surface area contributed by atoms with Crippen LogP contribution in [0, 0.1) is 5.92 Å². The fraction of sp³-hybridized carbons (Fsp3) is 0.640. The normalized spacial score (nSPS) is 21.6. The zero-order chi connectivity index (χ0) is 25.3. The largest absolute Gasteiger partial charge is 0.497 e. The predicted molar refractivity (Wildman–Crippen MR) is 131 cm³/mol. The summed E-state index contributed by atoms with van der Waals surface area (Å²) >= 11 is 0. The Bertz CT molecular complexity index is 941. The van der Waals surface area contributed by atoms with E-state index >= 15 is 0 Å². The summed E-state index contributed by atoms with van der Waals surface area (Å²) in [4.78, 5) is 15.0. The summed E-state index contributed by atoms with van der Waals surface area (Å²) in [6.45, 7) is 3.21. The Morgan fingerprint density at radius 1 is 1.11 bits per heavy atom. The second-order valence-corrected chi connectivity index (χ2v) is 11.0. The first-order chi connectivity index (χ1) is 16.8. The first kappa shape index (κ1) is 27.4. The van der Waals surface area contributed by atoms with Gasteiger partial charge in [0.25, 0.3) is 5.91 Å². The molecule has 2 heterocycles. The molecule has 2 atom stereocenters. The first-order valence-corrected chi connectivity index (χ1v) is 13.8. The van der Waals surface area contributed by atoms with Crippen LogP contribution in [-0.2, 0) is 24.3 Å². The molecule has 0 spiro atoms. The van der Waals surface area contributed by atoms with Gasteiger partial charge in [0.1, 0.15) is 5.75 Å². The third-order valence-electron chi connectivity index (χ3n) is 6.30. The fourth-order valence-electron chi connectivity index (χ4n) is 4.34. The van der Waals surface area contributed by atoms with Gasteiger partial charge in [-0.3, -0.25) is 4.79 Å². The van der Waals surface area contributed by atoms with Crippen LogP contribution in [0.3, 0.4) is 0 Å². The van der Waals surface area contributed by atoms with Crippen LogP contribution in [0.2, 0.25) is 0 Å². The summed E-state index contributed by atoms with van der Waals surface area (Å²) in [6, 6.07) is 6.10. The van der Waals surface area contributed by atoms with Gasteiger partial charge in [-0.25, -0.2) is 8.42 Å². The highest BCUT2D eigenvalue weighted by atomic mass is 32.2. The number of benzene rings is 1. The van der Waals surface area contributed by atoms with Gasteiger partial charge in [-0.05, 0) is 49.1 Å². The average molecular weight is 511 g/mol. The Labute approximate surface area is 208 Å². The lowest BCUT2D eigenvalue weighted by Crippen LogP contribution is -2.39. The van der Waals surface area contributed by atoms with Crippen molar-refractivity contribution < 1.29 is 32.5 Å². The van der Waals surface area contributed by atoms with E-state index in [1.807, 2.05) is 17.9 Å². The van der Waals surface area contributed by atoms with Crippen LogP contribution in [-0.4, -0.2) is 81.4 Å². The van der Waals surface area contributed by atoms with E-state index in [4.69, 9.17) is 14.2 Å². The number of ether oxygens (including phenoxy) is 3. The van der Waals surface area contributed by atoms with E-state index in [0.717, 1.165) is 38.8 Å². The Morgan fingerprint density at radius 2 is 1.77 bits per heavy atom. The quantitative estimate of drug-likeness (QED) is 0.516. The zero-order valence-corrected chi connectivity index (χ0v) is 21.5. The van der Waals surface area contributed by atoms with Crippen molar-refractivity contribution in [2.45, 2.75) is 56.6 Å². The summed E-state index contributed by atoms with van der Waals surface area (Å²) in [6.07, 6.45) is 7.27. The van der Waals surface area contributed by atoms with Gasteiger partial charge in [0.2, 0.25) is 16.3 Å². The lowest BCUT2D eigenvalue weighted by atomic mass is 10.0. The number of allylic oxidation sites excluding steroid dienone is 1. The van der Waals surface area contributed by atoms with Gasteiger partial charge in [-0.1, -0.05) is 26.2 Å². The van der Waals surface area contributed by atoms with Crippen LogP contribution in [0.25, 0.3) is 0 Å². The number of sulfonamides is 1.